The number of nitrogens with one attached hydrogen (secondary N) is 1. The number of sulfonamides is 1. The molecule has 1 aliphatic rings. The topological polar surface area (TPSA) is 86.8 Å². The monoisotopic (exact) mass is 413 g/mol. The van der Waals surface area contributed by atoms with Gasteiger partial charge in [-0.15, -0.1) is 0 Å². The minimum atomic E-state index is -3.21. The van der Waals surface area contributed by atoms with Gasteiger partial charge >= 0.3 is 0 Å². The lowest BCUT2D eigenvalue weighted by atomic mass is 9.96. The quantitative estimate of drug-likeness (QED) is 0.645. The molecule has 0 saturated carbocycles. The molecule has 1 N–H and O–H groups in total. The lowest BCUT2D eigenvalue weighted by Gasteiger charge is -2.32. The SMILES string of the molecule is CN(CCCNC(=O)[C@H]1CCCN(C(=O)Cc2ccc(F)cc2)C1)S(C)(=O)=O. The van der Waals surface area contributed by atoms with Crippen LogP contribution >= 0.6 is 0 Å². The highest BCUT2D eigenvalue weighted by Crippen LogP contribution is 2.18. The average Bonchev–Trinajstić information content (AvgIpc) is 2.66. The Morgan fingerprint density at radius 1 is 1.29 bits per heavy atom. The van der Waals surface area contributed by atoms with Crippen LogP contribution in [0.1, 0.15) is 24.8 Å². The van der Waals surface area contributed by atoms with Gasteiger partial charge in [-0.1, -0.05) is 12.1 Å². The van der Waals surface area contributed by atoms with E-state index < -0.39 is 10.0 Å². The van der Waals surface area contributed by atoms with E-state index >= 15 is 0 Å². The number of amides is 2. The predicted molar refractivity (Wildman–Crippen MR) is 105 cm³/mol. The lowest BCUT2D eigenvalue weighted by Crippen LogP contribution is -2.46. The van der Waals surface area contributed by atoms with Crippen molar-refractivity contribution in [3.8, 4) is 0 Å². The highest BCUT2D eigenvalue weighted by atomic mass is 32.2. The van der Waals surface area contributed by atoms with Crippen LogP contribution in [0.15, 0.2) is 24.3 Å². The summed E-state index contributed by atoms with van der Waals surface area (Å²) in [7, 11) is -1.71. The van der Waals surface area contributed by atoms with E-state index in [9.17, 15) is 22.4 Å². The fourth-order valence-corrected chi connectivity index (χ4v) is 3.59. The molecule has 1 heterocycles. The van der Waals surface area contributed by atoms with Crippen molar-refractivity contribution in [3.05, 3.63) is 35.6 Å². The molecule has 2 rings (SSSR count). The van der Waals surface area contributed by atoms with Gasteiger partial charge in [-0.2, -0.15) is 0 Å². The number of hydrogen-bond donors (Lipinski definition) is 1. The molecule has 2 amide bonds. The van der Waals surface area contributed by atoms with Crippen LogP contribution in [0.2, 0.25) is 0 Å². The summed E-state index contributed by atoms with van der Waals surface area (Å²) in [4.78, 5) is 26.6. The fraction of sp³-hybridized carbons (Fsp3) is 0.579. The molecular weight excluding hydrogens is 385 g/mol. The predicted octanol–water partition coefficient (Wildman–Crippen LogP) is 1.00. The average molecular weight is 414 g/mol. The molecule has 0 bridgehead atoms. The minimum absolute atomic E-state index is 0.0705. The maximum absolute atomic E-state index is 13.0. The van der Waals surface area contributed by atoms with Gasteiger partial charge in [0.25, 0.3) is 0 Å². The van der Waals surface area contributed by atoms with E-state index in [1.165, 1.54) is 23.5 Å². The molecule has 9 heteroatoms. The molecule has 1 saturated heterocycles. The number of carbonyl (C=O) groups excluding carboxylic acids is 2. The number of benzene rings is 1. The van der Waals surface area contributed by atoms with Crippen molar-refractivity contribution in [2.45, 2.75) is 25.7 Å². The third-order valence-electron chi connectivity index (χ3n) is 4.93. The number of carbonyl (C=O) groups is 2. The first-order chi connectivity index (χ1) is 13.2. The summed E-state index contributed by atoms with van der Waals surface area (Å²) in [5.41, 5.74) is 0.743. The van der Waals surface area contributed by atoms with Crippen LogP contribution in [0.5, 0.6) is 0 Å². The van der Waals surface area contributed by atoms with Gasteiger partial charge in [-0.05, 0) is 37.0 Å². The molecule has 156 valence electrons. The molecule has 1 aromatic carbocycles. The first kappa shape index (κ1) is 22.3. The van der Waals surface area contributed by atoms with Crippen LogP contribution in [0.25, 0.3) is 0 Å². The first-order valence-corrected chi connectivity index (χ1v) is 11.2. The van der Waals surface area contributed by atoms with Gasteiger partial charge in [-0.3, -0.25) is 9.59 Å². The molecule has 28 heavy (non-hydrogen) atoms. The van der Waals surface area contributed by atoms with Gasteiger partial charge in [0.1, 0.15) is 5.82 Å². The van der Waals surface area contributed by atoms with E-state index in [0.717, 1.165) is 24.7 Å². The Morgan fingerprint density at radius 2 is 1.96 bits per heavy atom. The maximum atomic E-state index is 13.0. The molecule has 1 aliphatic heterocycles. The van der Waals surface area contributed by atoms with E-state index in [2.05, 4.69) is 5.32 Å². The van der Waals surface area contributed by atoms with Crippen LogP contribution in [0, 0.1) is 11.7 Å². The number of piperidine rings is 1. The van der Waals surface area contributed by atoms with Crippen molar-refractivity contribution in [2.24, 2.45) is 5.92 Å². The Labute approximate surface area is 165 Å². The van der Waals surface area contributed by atoms with Crippen molar-refractivity contribution in [1.29, 1.82) is 0 Å². The molecular formula is C19H28FN3O4S. The molecule has 0 radical (unpaired) electrons. The van der Waals surface area contributed by atoms with Gasteiger partial charge in [0.05, 0.1) is 18.6 Å². The molecule has 7 nitrogen and oxygen atoms in total. The zero-order valence-corrected chi connectivity index (χ0v) is 17.2. The van der Waals surface area contributed by atoms with Crippen LogP contribution < -0.4 is 5.32 Å². The Bertz CT molecular complexity index is 783. The van der Waals surface area contributed by atoms with Gasteiger partial charge in [0.15, 0.2) is 0 Å². The smallest absolute Gasteiger partial charge is 0.227 e. The van der Waals surface area contributed by atoms with Crippen LogP contribution in [0.4, 0.5) is 4.39 Å². The van der Waals surface area contributed by atoms with Crippen LogP contribution in [-0.4, -0.2) is 68.9 Å². The van der Waals surface area contributed by atoms with E-state index in [4.69, 9.17) is 0 Å². The zero-order chi connectivity index (χ0) is 20.7. The second kappa shape index (κ2) is 9.97. The summed E-state index contributed by atoms with van der Waals surface area (Å²) in [5.74, 6) is -0.785. The lowest BCUT2D eigenvalue weighted by molar-refractivity contribution is -0.135. The zero-order valence-electron chi connectivity index (χ0n) is 16.4. The third kappa shape index (κ3) is 6.87. The van der Waals surface area contributed by atoms with Gasteiger partial charge in [0.2, 0.25) is 21.8 Å². The van der Waals surface area contributed by atoms with Crippen molar-refractivity contribution < 1.29 is 22.4 Å². The van der Waals surface area contributed by atoms with Crippen LogP contribution in [0.3, 0.4) is 0 Å². The van der Waals surface area contributed by atoms with E-state index in [1.807, 2.05) is 0 Å². The fourth-order valence-electron chi connectivity index (χ4n) is 3.13. The molecule has 1 fully saturated rings. The molecule has 0 aromatic heterocycles. The highest BCUT2D eigenvalue weighted by Gasteiger charge is 2.28. The normalized spacial score (nSPS) is 17.6. The summed E-state index contributed by atoms with van der Waals surface area (Å²) < 4.78 is 36.9. The van der Waals surface area contributed by atoms with Gasteiger partial charge < -0.3 is 10.2 Å². The molecule has 1 atom stereocenters. The van der Waals surface area contributed by atoms with E-state index in [1.54, 1.807) is 17.0 Å². The summed E-state index contributed by atoms with van der Waals surface area (Å²) in [6.07, 6.45) is 3.33. The Kier molecular flexibility index (Phi) is 7.94. The first-order valence-electron chi connectivity index (χ1n) is 9.38. The number of rotatable bonds is 8. The van der Waals surface area contributed by atoms with Gasteiger partial charge in [-0.25, -0.2) is 17.1 Å². The Hall–Kier alpha value is -2.00. The minimum Gasteiger partial charge on any atom is -0.356 e. The van der Waals surface area contributed by atoms with Crippen LogP contribution in [-0.2, 0) is 26.0 Å². The van der Waals surface area contributed by atoms with Crippen molar-refractivity contribution in [1.82, 2.24) is 14.5 Å². The number of likely N-dealkylation sites (tertiary alicyclic amines) is 1. The maximum Gasteiger partial charge on any atom is 0.227 e. The number of halogens is 1. The molecule has 1 aromatic rings. The van der Waals surface area contributed by atoms with Crippen molar-refractivity contribution >= 4 is 21.8 Å². The third-order valence-corrected chi connectivity index (χ3v) is 6.24. The van der Waals surface area contributed by atoms with Crippen molar-refractivity contribution in [2.75, 3.05) is 39.5 Å². The Balaban J connectivity index is 1.77. The summed E-state index contributed by atoms with van der Waals surface area (Å²) in [6.45, 7) is 1.71. The Morgan fingerprint density at radius 3 is 2.61 bits per heavy atom. The van der Waals surface area contributed by atoms with Crippen molar-refractivity contribution in [3.63, 3.8) is 0 Å². The summed E-state index contributed by atoms with van der Waals surface area (Å²) in [6, 6.07) is 5.84. The molecule has 0 spiro atoms. The highest BCUT2D eigenvalue weighted by molar-refractivity contribution is 7.88. The van der Waals surface area contributed by atoms with E-state index in [-0.39, 0.29) is 30.0 Å². The number of nitrogens with zero attached hydrogens (tertiary/aromatic N) is 2. The van der Waals surface area contributed by atoms with E-state index in [0.29, 0.717) is 32.6 Å². The molecule has 0 aliphatic carbocycles. The molecule has 0 unspecified atom stereocenters. The second-order valence-corrected chi connectivity index (χ2v) is 9.30. The van der Waals surface area contributed by atoms with Gasteiger partial charge in [0, 0.05) is 33.2 Å². The summed E-state index contributed by atoms with van der Waals surface area (Å²) in [5, 5.41) is 2.83. The summed E-state index contributed by atoms with van der Waals surface area (Å²) >= 11 is 0. The largest absolute Gasteiger partial charge is 0.356 e. The number of hydrogen-bond acceptors (Lipinski definition) is 4. The second-order valence-electron chi connectivity index (χ2n) is 7.21. The standard InChI is InChI=1S/C19H28FN3O4S/c1-22(28(2,26)27)11-4-10-21-19(25)16-5-3-12-23(14-16)18(24)13-15-6-8-17(20)9-7-15/h6-9,16H,3-5,10-14H2,1-2H3,(H,21,25)/t16-/m0/s1.